The summed E-state index contributed by atoms with van der Waals surface area (Å²) in [5.41, 5.74) is 0. The Hall–Kier alpha value is -0.480. The van der Waals surface area contributed by atoms with Gasteiger partial charge >= 0.3 is 0 Å². The number of para-hydroxylation sites is 1. The van der Waals surface area contributed by atoms with E-state index in [-0.39, 0.29) is 0 Å². The Morgan fingerprint density at radius 2 is 2.10 bits per heavy atom. The lowest BCUT2D eigenvalue weighted by Crippen LogP contribution is -2.40. The van der Waals surface area contributed by atoms with Crippen LogP contribution in [-0.2, 0) is 0 Å². The molecule has 1 atom stereocenters. The second-order valence-corrected chi connectivity index (χ2v) is 6.08. The van der Waals surface area contributed by atoms with Gasteiger partial charge in [-0.05, 0) is 51.0 Å². The predicted molar refractivity (Wildman–Crippen MR) is 85.0 cm³/mol. The quantitative estimate of drug-likeness (QED) is 0.871. The molecular weight excluding hydrogens is 295 g/mol. The van der Waals surface area contributed by atoms with E-state index in [1.165, 1.54) is 12.8 Å². The van der Waals surface area contributed by atoms with Gasteiger partial charge in [-0.1, -0.05) is 29.3 Å². The van der Waals surface area contributed by atoms with E-state index in [1.807, 2.05) is 13.1 Å². The van der Waals surface area contributed by atoms with Gasteiger partial charge in [0.05, 0.1) is 10.0 Å². The fraction of sp³-hybridized carbons (Fsp3) is 0.600. The van der Waals surface area contributed by atoms with Crippen molar-refractivity contribution in [1.82, 2.24) is 10.2 Å². The number of nitrogens with zero attached hydrogens (tertiary/aromatic N) is 1. The molecule has 0 aromatic heterocycles. The van der Waals surface area contributed by atoms with Crippen molar-refractivity contribution >= 4 is 23.2 Å². The number of benzene rings is 1. The second-order valence-electron chi connectivity index (χ2n) is 5.27. The highest BCUT2D eigenvalue weighted by Gasteiger charge is 2.19. The lowest BCUT2D eigenvalue weighted by atomic mass is 9.98. The Morgan fingerprint density at radius 1 is 1.35 bits per heavy atom. The van der Waals surface area contributed by atoms with Gasteiger partial charge in [0, 0.05) is 13.1 Å². The molecule has 5 heteroatoms. The number of likely N-dealkylation sites (tertiary alicyclic amines) is 1. The molecule has 20 heavy (non-hydrogen) atoms. The van der Waals surface area contributed by atoms with Crippen LogP contribution in [0.4, 0.5) is 0 Å². The molecule has 0 amide bonds. The molecule has 1 heterocycles. The zero-order valence-electron chi connectivity index (χ0n) is 11.9. The summed E-state index contributed by atoms with van der Waals surface area (Å²) >= 11 is 12.2. The molecule has 1 aliphatic heterocycles. The van der Waals surface area contributed by atoms with E-state index in [9.17, 15) is 0 Å². The minimum Gasteiger partial charge on any atom is -0.489 e. The number of ether oxygens (including phenoxy) is 1. The summed E-state index contributed by atoms with van der Waals surface area (Å²) in [4.78, 5) is 2.45. The van der Waals surface area contributed by atoms with Crippen LogP contribution in [0.25, 0.3) is 0 Å². The number of rotatable bonds is 6. The molecule has 0 spiro atoms. The van der Waals surface area contributed by atoms with Gasteiger partial charge in [0.2, 0.25) is 0 Å². The summed E-state index contributed by atoms with van der Waals surface area (Å²) < 4.78 is 5.74. The van der Waals surface area contributed by atoms with E-state index in [4.69, 9.17) is 27.9 Å². The largest absolute Gasteiger partial charge is 0.489 e. The Morgan fingerprint density at radius 3 is 2.80 bits per heavy atom. The molecule has 1 fully saturated rings. The third-order valence-corrected chi connectivity index (χ3v) is 4.26. The Labute approximate surface area is 131 Å². The third kappa shape index (κ3) is 4.52. The average Bonchev–Trinajstić information content (AvgIpc) is 2.43. The second kappa shape index (κ2) is 8.08. The molecule has 112 valence electrons. The van der Waals surface area contributed by atoms with Gasteiger partial charge in [-0.15, -0.1) is 0 Å². The first kappa shape index (κ1) is 15.9. The van der Waals surface area contributed by atoms with Crippen LogP contribution >= 0.6 is 23.2 Å². The van der Waals surface area contributed by atoms with Crippen molar-refractivity contribution < 1.29 is 4.74 Å². The summed E-state index contributed by atoms with van der Waals surface area (Å²) in [5.74, 6) is 1.34. The van der Waals surface area contributed by atoms with Gasteiger partial charge < -0.3 is 10.1 Å². The van der Waals surface area contributed by atoms with E-state index < -0.39 is 0 Å². The lowest BCUT2D eigenvalue weighted by molar-refractivity contribution is 0.147. The maximum absolute atomic E-state index is 6.08. The van der Waals surface area contributed by atoms with Crippen LogP contribution in [0.15, 0.2) is 18.2 Å². The van der Waals surface area contributed by atoms with Crippen molar-refractivity contribution in [3.63, 3.8) is 0 Å². The van der Waals surface area contributed by atoms with Gasteiger partial charge in [-0.25, -0.2) is 0 Å². The molecule has 0 saturated carbocycles. The van der Waals surface area contributed by atoms with Crippen LogP contribution < -0.4 is 10.1 Å². The third-order valence-electron chi connectivity index (χ3n) is 3.67. The highest BCUT2D eigenvalue weighted by atomic mass is 35.5. The van der Waals surface area contributed by atoms with E-state index in [1.54, 1.807) is 12.1 Å². The normalized spacial score (nSPS) is 20.1. The van der Waals surface area contributed by atoms with Crippen molar-refractivity contribution in [1.29, 1.82) is 0 Å². The van der Waals surface area contributed by atoms with Gasteiger partial charge in [0.25, 0.3) is 0 Å². The number of nitrogens with one attached hydrogen (secondary N) is 1. The van der Waals surface area contributed by atoms with Crippen LogP contribution in [0, 0.1) is 5.92 Å². The maximum atomic E-state index is 6.08. The van der Waals surface area contributed by atoms with Gasteiger partial charge in [0.15, 0.2) is 5.75 Å². The molecule has 1 aromatic carbocycles. The van der Waals surface area contributed by atoms with Gasteiger partial charge in [-0.3, -0.25) is 4.90 Å². The molecule has 2 rings (SSSR count). The fourth-order valence-electron chi connectivity index (χ4n) is 2.71. The fourth-order valence-corrected chi connectivity index (χ4v) is 3.21. The maximum Gasteiger partial charge on any atom is 0.156 e. The molecular formula is C15H22Cl2N2O. The van der Waals surface area contributed by atoms with Gasteiger partial charge in [0.1, 0.15) is 6.61 Å². The molecule has 1 saturated heterocycles. The Bertz CT molecular complexity index is 406. The summed E-state index contributed by atoms with van der Waals surface area (Å²) in [7, 11) is 2.02. The van der Waals surface area contributed by atoms with E-state index in [0.717, 1.165) is 32.1 Å². The summed E-state index contributed by atoms with van der Waals surface area (Å²) in [6, 6.07) is 5.42. The minimum atomic E-state index is 0.573. The highest BCUT2D eigenvalue weighted by molar-refractivity contribution is 6.37. The van der Waals surface area contributed by atoms with Crippen molar-refractivity contribution in [2.75, 3.05) is 39.8 Å². The Balaban J connectivity index is 1.78. The molecule has 0 radical (unpaired) electrons. The molecule has 1 unspecified atom stereocenters. The molecule has 0 aliphatic carbocycles. The SMILES string of the molecule is CNCC1CCCN(CCOc2c(Cl)cccc2Cl)C1. The van der Waals surface area contributed by atoms with E-state index in [0.29, 0.717) is 22.4 Å². The van der Waals surface area contributed by atoms with Crippen molar-refractivity contribution in [3.8, 4) is 5.75 Å². The van der Waals surface area contributed by atoms with Crippen molar-refractivity contribution in [2.24, 2.45) is 5.92 Å². The average molecular weight is 317 g/mol. The molecule has 1 aliphatic rings. The Kier molecular flexibility index (Phi) is 6.43. The molecule has 1 aromatic rings. The summed E-state index contributed by atoms with van der Waals surface area (Å²) in [5, 5.41) is 4.41. The number of piperidine rings is 1. The smallest absolute Gasteiger partial charge is 0.156 e. The van der Waals surface area contributed by atoms with E-state index in [2.05, 4.69) is 10.2 Å². The summed E-state index contributed by atoms with van der Waals surface area (Å²) in [6.45, 7) is 4.92. The first-order valence-electron chi connectivity index (χ1n) is 7.14. The monoisotopic (exact) mass is 316 g/mol. The van der Waals surface area contributed by atoms with Gasteiger partial charge in [-0.2, -0.15) is 0 Å². The van der Waals surface area contributed by atoms with Crippen LogP contribution in [0.5, 0.6) is 5.75 Å². The van der Waals surface area contributed by atoms with Crippen LogP contribution in [-0.4, -0.2) is 44.7 Å². The minimum absolute atomic E-state index is 0.573. The van der Waals surface area contributed by atoms with Crippen LogP contribution in [0.3, 0.4) is 0 Å². The summed E-state index contributed by atoms with van der Waals surface area (Å²) in [6.07, 6.45) is 2.58. The van der Waals surface area contributed by atoms with E-state index >= 15 is 0 Å². The molecule has 0 bridgehead atoms. The standard InChI is InChI=1S/C15H22Cl2N2O/c1-18-10-12-4-3-7-19(11-12)8-9-20-15-13(16)5-2-6-14(15)17/h2,5-6,12,18H,3-4,7-11H2,1H3. The predicted octanol–water partition coefficient (Wildman–Crippen LogP) is 3.30. The number of hydrogen-bond donors (Lipinski definition) is 1. The lowest BCUT2D eigenvalue weighted by Gasteiger charge is -2.32. The molecule has 1 N–H and O–H groups in total. The van der Waals surface area contributed by atoms with Crippen LogP contribution in [0.2, 0.25) is 10.0 Å². The van der Waals surface area contributed by atoms with Crippen LogP contribution in [0.1, 0.15) is 12.8 Å². The molecule has 3 nitrogen and oxygen atoms in total. The van der Waals surface area contributed by atoms with Crippen molar-refractivity contribution in [3.05, 3.63) is 28.2 Å². The number of halogens is 2. The van der Waals surface area contributed by atoms with Crippen molar-refractivity contribution in [2.45, 2.75) is 12.8 Å². The zero-order chi connectivity index (χ0) is 14.4. The highest BCUT2D eigenvalue weighted by Crippen LogP contribution is 2.32. The topological polar surface area (TPSA) is 24.5 Å². The number of hydrogen-bond acceptors (Lipinski definition) is 3. The zero-order valence-corrected chi connectivity index (χ0v) is 13.4. The first-order chi connectivity index (χ1) is 9.70. The first-order valence-corrected chi connectivity index (χ1v) is 7.90.